The Morgan fingerprint density at radius 2 is 1.88 bits per heavy atom. The van der Waals surface area contributed by atoms with Crippen molar-refractivity contribution in [3.05, 3.63) is 57.1 Å². The lowest BCUT2D eigenvalue weighted by atomic mass is 10.2. The van der Waals surface area contributed by atoms with E-state index in [0.29, 0.717) is 0 Å². The molecule has 33 heavy (non-hydrogen) atoms. The lowest BCUT2D eigenvalue weighted by molar-refractivity contribution is -0.384. The Morgan fingerprint density at radius 3 is 2.45 bits per heavy atom. The van der Waals surface area contributed by atoms with Crippen molar-refractivity contribution >= 4 is 28.9 Å². The first-order valence-electron chi connectivity index (χ1n) is 9.74. The molecule has 0 spiro atoms. The van der Waals surface area contributed by atoms with E-state index in [9.17, 15) is 28.1 Å². The minimum Gasteiger partial charge on any atom is -0.461 e. The smallest absolute Gasteiger partial charge is 0.416 e. The molecule has 0 saturated heterocycles. The van der Waals surface area contributed by atoms with Crippen LogP contribution in [0.15, 0.2) is 36.4 Å². The highest BCUT2D eigenvalue weighted by Crippen LogP contribution is 2.38. The van der Waals surface area contributed by atoms with Crippen molar-refractivity contribution in [2.45, 2.75) is 39.2 Å². The monoisotopic (exact) mass is 490 g/mol. The zero-order chi connectivity index (χ0) is 24.8. The maximum absolute atomic E-state index is 12.8. The van der Waals surface area contributed by atoms with E-state index >= 15 is 0 Å². The van der Waals surface area contributed by atoms with E-state index in [2.05, 4.69) is 5.32 Å². The minimum absolute atomic E-state index is 0.0511. The van der Waals surface area contributed by atoms with Crippen LogP contribution < -0.4 is 10.1 Å². The van der Waals surface area contributed by atoms with E-state index in [0.717, 1.165) is 18.2 Å². The standard InChI is InChI=1S/C21H22ClF3N2O6/c1-12(2)32-20(28)11-31-13(3)10-26-17-9-15(5-6-18(17)27(29)30)33-19-7-4-14(8-16(19)22)21(23,24)25/h4-9,12-13,26H,10-11H2,1-3H3. The number of hydrogen-bond donors (Lipinski definition) is 1. The third kappa shape index (κ3) is 8.10. The Kier molecular flexibility index (Phi) is 8.89. The van der Waals surface area contributed by atoms with Gasteiger partial charge >= 0.3 is 12.1 Å². The summed E-state index contributed by atoms with van der Waals surface area (Å²) in [7, 11) is 0. The van der Waals surface area contributed by atoms with Gasteiger partial charge in [-0.2, -0.15) is 13.2 Å². The number of benzene rings is 2. The normalized spacial score (nSPS) is 12.4. The van der Waals surface area contributed by atoms with E-state index in [1.165, 1.54) is 18.2 Å². The number of hydrogen-bond acceptors (Lipinski definition) is 7. The summed E-state index contributed by atoms with van der Waals surface area (Å²) < 4.78 is 54.2. The summed E-state index contributed by atoms with van der Waals surface area (Å²) in [6.07, 6.45) is -5.34. The summed E-state index contributed by atoms with van der Waals surface area (Å²) in [6.45, 7) is 4.90. The van der Waals surface area contributed by atoms with Crippen LogP contribution in [0.2, 0.25) is 5.02 Å². The van der Waals surface area contributed by atoms with Gasteiger partial charge in [0.1, 0.15) is 23.8 Å². The summed E-state index contributed by atoms with van der Waals surface area (Å²) in [5, 5.41) is 13.9. The van der Waals surface area contributed by atoms with Crippen LogP contribution in [0.5, 0.6) is 11.5 Å². The Hall–Kier alpha value is -3.05. The molecular formula is C21H22ClF3N2O6. The van der Waals surface area contributed by atoms with Gasteiger partial charge < -0.3 is 19.5 Å². The number of ether oxygens (including phenoxy) is 3. The predicted molar refractivity (Wildman–Crippen MR) is 115 cm³/mol. The fourth-order valence-corrected chi connectivity index (χ4v) is 2.81. The molecule has 1 N–H and O–H groups in total. The highest BCUT2D eigenvalue weighted by molar-refractivity contribution is 6.32. The van der Waals surface area contributed by atoms with Crippen LogP contribution in [-0.4, -0.2) is 36.3 Å². The van der Waals surface area contributed by atoms with E-state index in [-0.39, 0.29) is 47.2 Å². The lowest BCUT2D eigenvalue weighted by Gasteiger charge is -2.16. The number of anilines is 1. The number of nitro benzene ring substituents is 1. The van der Waals surface area contributed by atoms with Gasteiger partial charge in [0.25, 0.3) is 5.69 Å². The Labute approximate surface area is 192 Å². The minimum atomic E-state index is -4.56. The van der Waals surface area contributed by atoms with Crippen molar-refractivity contribution < 1.29 is 37.1 Å². The van der Waals surface area contributed by atoms with Crippen LogP contribution >= 0.6 is 11.6 Å². The molecule has 0 saturated carbocycles. The summed E-state index contributed by atoms with van der Waals surface area (Å²) >= 11 is 5.90. The second-order valence-corrected chi connectivity index (χ2v) is 7.63. The number of nitrogens with one attached hydrogen (secondary N) is 1. The number of rotatable bonds is 10. The van der Waals surface area contributed by atoms with E-state index in [4.69, 9.17) is 25.8 Å². The topological polar surface area (TPSA) is 99.9 Å². The zero-order valence-corrected chi connectivity index (χ0v) is 18.7. The van der Waals surface area contributed by atoms with Gasteiger partial charge in [-0.05, 0) is 45.0 Å². The Morgan fingerprint density at radius 1 is 1.18 bits per heavy atom. The lowest BCUT2D eigenvalue weighted by Crippen LogP contribution is -2.25. The van der Waals surface area contributed by atoms with Crippen molar-refractivity contribution in [3.63, 3.8) is 0 Å². The first-order chi connectivity index (χ1) is 15.4. The second kappa shape index (κ2) is 11.2. The number of carbonyl (C=O) groups excluding carboxylic acids is 1. The molecule has 180 valence electrons. The van der Waals surface area contributed by atoms with Crippen LogP contribution in [0.1, 0.15) is 26.3 Å². The van der Waals surface area contributed by atoms with Gasteiger partial charge in [0.15, 0.2) is 0 Å². The van der Waals surface area contributed by atoms with E-state index in [1.54, 1.807) is 20.8 Å². The van der Waals surface area contributed by atoms with Crippen molar-refractivity contribution in [2.75, 3.05) is 18.5 Å². The molecule has 0 fully saturated rings. The summed E-state index contributed by atoms with van der Waals surface area (Å²) in [5.74, 6) is -0.477. The first kappa shape index (κ1) is 26.2. The van der Waals surface area contributed by atoms with Crippen molar-refractivity contribution in [2.24, 2.45) is 0 Å². The molecule has 12 heteroatoms. The second-order valence-electron chi connectivity index (χ2n) is 7.22. The summed E-state index contributed by atoms with van der Waals surface area (Å²) in [5.41, 5.74) is -1.11. The number of nitro groups is 1. The van der Waals surface area contributed by atoms with Gasteiger partial charge in [0.2, 0.25) is 0 Å². The number of nitrogens with zero attached hydrogens (tertiary/aromatic N) is 1. The average Bonchev–Trinajstić information content (AvgIpc) is 2.70. The highest BCUT2D eigenvalue weighted by atomic mass is 35.5. The molecule has 0 heterocycles. The quantitative estimate of drug-likeness (QED) is 0.254. The maximum Gasteiger partial charge on any atom is 0.416 e. The molecule has 0 aromatic heterocycles. The van der Waals surface area contributed by atoms with Gasteiger partial charge in [0.05, 0.1) is 27.7 Å². The number of esters is 1. The fourth-order valence-electron chi connectivity index (χ4n) is 2.59. The molecule has 0 radical (unpaired) electrons. The summed E-state index contributed by atoms with van der Waals surface area (Å²) in [4.78, 5) is 22.3. The molecule has 2 aromatic carbocycles. The molecule has 2 aromatic rings. The molecule has 0 bridgehead atoms. The molecule has 0 aliphatic carbocycles. The van der Waals surface area contributed by atoms with E-state index in [1.807, 2.05) is 0 Å². The largest absolute Gasteiger partial charge is 0.461 e. The third-order valence-corrected chi connectivity index (χ3v) is 4.38. The molecule has 1 unspecified atom stereocenters. The van der Waals surface area contributed by atoms with Gasteiger partial charge in [-0.3, -0.25) is 10.1 Å². The van der Waals surface area contributed by atoms with Crippen LogP contribution in [-0.2, 0) is 20.4 Å². The predicted octanol–water partition coefficient (Wildman–Crippen LogP) is 5.83. The fraction of sp³-hybridized carbons (Fsp3) is 0.381. The van der Waals surface area contributed by atoms with Crippen LogP contribution in [0.3, 0.4) is 0 Å². The van der Waals surface area contributed by atoms with Crippen LogP contribution in [0.4, 0.5) is 24.5 Å². The number of halogens is 4. The SMILES string of the molecule is CC(C)OC(=O)COC(C)CNc1cc(Oc2ccc(C(F)(F)F)cc2Cl)ccc1[N+](=O)[O-]. The molecule has 0 amide bonds. The molecule has 2 rings (SSSR count). The average molecular weight is 491 g/mol. The molecule has 1 atom stereocenters. The molecular weight excluding hydrogens is 469 g/mol. The number of alkyl halides is 3. The van der Waals surface area contributed by atoms with Gasteiger partial charge in [-0.1, -0.05) is 11.6 Å². The molecule has 0 aliphatic rings. The number of carbonyl (C=O) groups is 1. The van der Waals surface area contributed by atoms with Crippen molar-refractivity contribution in [3.8, 4) is 11.5 Å². The van der Waals surface area contributed by atoms with E-state index < -0.39 is 28.7 Å². The van der Waals surface area contributed by atoms with Gasteiger partial charge in [-0.15, -0.1) is 0 Å². The maximum atomic E-state index is 12.8. The van der Waals surface area contributed by atoms with Crippen LogP contribution in [0, 0.1) is 10.1 Å². The molecule has 0 aliphatic heterocycles. The Balaban J connectivity index is 2.10. The van der Waals surface area contributed by atoms with Gasteiger partial charge in [0, 0.05) is 18.7 Å². The molecule has 8 nitrogen and oxygen atoms in total. The zero-order valence-electron chi connectivity index (χ0n) is 17.9. The summed E-state index contributed by atoms with van der Waals surface area (Å²) in [6, 6.07) is 6.39. The van der Waals surface area contributed by atoms with Gasteiger partial charge in [-0.25, -0.2) is 4.79 Å². The van der Waals surface area contributed by atoms with Crippen molar-refractivity contribution in [1.29, 1.82) is 0 Å². The highest BCUT2D eigenvalue weighted by Gasteiger charge is 2.31. The van der Waals surface area contributed by atoms with Crippen LogP contribution in [0.25, 0.3) is 0 Å². The first-order valence-corrected chi connectivity index (χ1v) is 10.1. The van der Waals surface area contributed by atoms with Crippen molar-refractivity contribution in [1.82, 2.24) is 0 Å². The Bertz CT molecular complexity index is 1000. The third-order valence-electron chi connectivity index (χ3n) is 4.08.